The molecule has 6 atom stereocenters. The molecule has 4 N–H and O–H groups in total. The van der Waals surface area contributed by atoms with Gasteiger partial charge < -0.3 is 34.3 Å². The van der Waals surface area contributed by atoms with Crippen LogP contribution in [-0.2, 0) is 38.7 Å². The maximum absolute atomic E-state index is 12.8. The molecule has 56 heavy (non-hydrogen) atoms. The second-order valence-electron chi connectivity index (χ2n) is 15.7. The Hall–Kier alpha value is -1.61. The maximum Gasteiger partial charge on any atom is 0.306 e. The molecule has 0 spiro atoms. The van der Waals surface area contributed by atoms with Crippen LogP contribution in [0.1, 0.15) is 194 Å². The van der Waals surface area contributed by atoms with Gasteiger partial charge in [-0.15, -0.1) is 0 Å². The summed E-state index contributed by atoms with van der Waals surface area (Å²) in [5.41, 5.74) is 0. The van der Waals surface area contributed by atoms with Crippen LogP contribution in [0.3, 0.4) is 0 Å². The number of hydrogen-bond acceptors (Lipinski definition) is 11. The highest BCUT2D eigenvalue weighted by Gasteiger charge is 2.46. The second kappa shape index (κ2) is 34.3. The summed E-state index contributed by atoms with van der Waals surface area (Å²) in [4.78, 5) is 25.4. The van der Waals surface area contributed by atoms with Crippen LogP contribution >= 0.6 is 0 Å². The van der Waals surface area contributed by atoms with Crippen molar-refractivity contribution in [3.8, 4) is 0 Å². The van der Waals surface area contributed by atoms with Gasteiger partial charge in [-0.1, -0.05) is 154 Å². The molecule has 0 bridgehead atoms. The van der Waals surface area contributed by atoms with E-state index in [4.69, 9.17) is 18.9 Å². The molecule has 1 unspecified atom stereocenters. The van der Waals surface area contributed by atoms with Crippen LogP contribution in [-0.4, -0.2) is 96.0 Å². The fourth-order valence-corrected chi connectivity index (χ4v) is 7.54. The van der Waals surface area contributed by atoms with Gasteiger partial charge in [0.1, 0.15) is 36.8 Å². The summed E-state index contributed by atoms with van der Waals surface area (Å²) in [5, 5.41) is 30.8. The first-order valence-corrected chi connectivity index (χ1v) is 23.9. The third-order valence-corrected chi connectivity index (χ3v) is 11.1. The Balaban J connectivity index is 2.46. The maximum atomic E-state index is 12.8. The summed E-state index contributed by atoms with van der Waals surface area (Å²) >= 11 is 0. The zero-order chi connectivity index (χ0) is 41.3. The average molecular weight is 821 g/mol. The highest BCUT2D eigenvalue weighted by molar-refractivity contribution is 7.85. The molecule has 0 saturated carbocycles. The molecule has 0 aromatic rings. The third-order valence-electron chi connectivity index (χ3n) is 10.3. The summed E-state index contributed by atoms with van der Waals surface area (Å²) in [6.07, 6.45) is 25.4. The van der Waals surface area contributed by atoms with Gasteiger partial charge in [-0.25, -0.2) is 0 Å². The fraction of sp³-hybridized carbons (Fsp3) is 0.907. The van der Waals surface area contributed by atoms with Crippen LogP contribution in [0, 0.1) is 0 Å². The highest BCUT2D eigenvalue weighted by Crippen LogP contribution is 2.24. The molecule has 1 rings (SSSR count). The Morgan fingerprint density at radius 3 is 1.50 bits per heavy atom. The number of hydrogen-bond donors (Lipinski definition) is 4. The first-order chi connectivity index (χ1) is 27.0. The molecule has 1 saturated heterocycles. The Labute approximate surface area is 339 Å². The van der Waals surface area contributed by atoms with Crippen molar-refractivity contribution >= 4 is 22.1 Å². The Bertz CT molecular complexity index is 1100. The number of ether oxygens (including phenoxy) is 4. The molecule has 12 nitrogen and oxygen atoms in total. The van der Waals surface area contributed by atoms with Gasteiger partial charge in [0.25, 0.3) is 10.1 Å². The highest BCUT2D eigenvalue weighted by atomic mass is 32.2. The predicted octanol–water partition coefficient (Wildman–Crippen LogP) is 8.67. The van der Waals surface area contributed by atoms with Crippen LogP contribution in [0.5, 0.6) is 0 Å². The number of carbonyl (C=O) groups is 2. The zero-order valence-corrected chi connectivity index (χ0v) is 35.8. The molecule has 1 fully saturated rings. The Kier molecular flexibility index (Phi) is 32.1. The van der Waals surface area contributed by atoms with Crippen LogP contribution in [0.15, 0.2) is 12.2 Å². The van der Waals surface area contributed by atoms with Crippen LogP contribution in [0.25, 0.3) is 0 Å². The number of unbranched alkanes of at least 4 members (excludes halogenated alkanes) is 23. The monoisotopic (exact) mass is 821 g/mol. The molecule has 1 heterocycles. The van der Waals surface area contributed by atoms with Gasteiger partial charge in [-0.3, -0.25) is 14.1 Å². The van der Waals surface area contributed by atoms with Gasteiger partial charge in [0.05, 0.1) is 6.61 Å². The van der Waals surface area contributed by atoms with Gasteiger partial charge in [0.15, 0.2) is 12.4 Å². The number of aliphatic hydroxyl groups is 3. The Morgan fingerprint density at radius 2 is 1.02 bits per heavy atom. The molecule has 13 heteroatoms. The molecule has 0 aromatic carbocycles. The van der Waals surface area contributed by atoms with E-state index in [1.165, 1.54) is 103 Å². The van der Waals surface area contributed by atoms with Crippen LogP contribution < -0.4 is 0 Å². The smallest absolute Gasteiger partial charge is 0.306 e. The Morgan fingerprint density at radius 1 is 0.589 bits per heavy atom. The molecule has 330 valence electrons. The van der Waals surface area contributed by atoms with Crippen LogP contribution in [0.4, 0.5) is 0 Å². The standard InChI is InChI=1S/C43H80O12S/c1-3-5-7-9-11-13-15-17-18-20-22-24-26-28-30-32-39(45)54-36(34-53-43-42(48)41(47)40(46)37(55-43)35-56(49,50)51)33-52-38(44)31-29-27-25-23-21-19-16-14-12-10-8-6-4-2/h13,15,36-37,40-43,46-48H,3-12,14,16-35H2,1-2H3,(H,49,50,51)/t36?,37-,40-,41+,42+,43+/m1/s1. The molecular weight excluding hydrogens is 741 g/mol. The van der Waals surface area contributed by atoms with Gasteiger partial charge in [0, 0.05) is 12.8 Å². The summed E-state index contributed by atoms with van der Waals surface area (Å²) in [6.45, 7) is 3.75. The molecule has 1 aliphatic heterocycles. The van der Waals surface area contributed by atoms with Crippen molar-refractivity contribution in [1.29, 1.82) is 0 Å². The lowest BCUT2D eigenvalue weighted by molar-refractivity contribution is -0.297. The second-order valence-corrected chi connectivity index (χ2v) is 17.2. The van der Waals surface area contributed by atoms with E-state index in [-0.39, 0.29) is 19.4 Å². The molecule has 0 radical (unpaired) electrons. The summed E-state index contributed by atoms with van der Waals surface area (Å²) in [6, 6.07) is 0. The van der Waals surface area contributed by atoms with Crippen LogP contribution in [0.2, 0.25) is 0 Å². The molecule has 1 aliphatic rings. The molecule has 0 aliphatic carbocycles. The minimum absolute atomic E-state index is 0.163. The summed E-state index contributed by atoms with van der Waals surface area (Å²) < 4.78 is 54.0. The van der Waals surface area contributed by atoms with E-state index in [9.17, 15) is 37.9 Å². The minimum Gasteiger partial charge on any atom is -0.462 e. The van der Waals surface area contributed by atoms with E-state index in [0.29, 0.717) is 12.8 Å². The van der Waals surface area contributed by atoms with Crippen molar-refractivity contribution in [3.05, 3.63) is 12.2 Å². The van der Waals surface area contributed by atoms with Crippen molar-refractivity contribution < 1.29 is 56.8 Å². The topological polar surface area (TPSA) is 186 Å². The van der Waals surface area contributed by atoms with E-state index in [1.54, 1.807) is 0 Å². The minimum atomic E-state index is -4.60. The summed E-state index contributed by atoms with van der Waals surface area (Å²) in [5.74, 6) is -1.98. The first-order valence-electron chi connectivity index (χ1n) is 22.2. The van der Waals surface area contributed by atoms with Crippen molar-refractivity contribution in [2.45, 2.75) is 230 Å². The van der Waals surface area contributed by atoms with E-state index < -0.39 is 71.2 Å². The number of aliphatic hydroxyl groups excluding tert-OH is 3. The van der Waals surface area contributed by atoms with Gasteiger partial charge in [0.2, 0.25) is 0 Å². The average Bonchev–Trinajstić information content (AvgIpc) is 3.16. The largest absolute Gasteiger partial charge is 0.462 e. The quantitative estimate of drug-likeness (QED) is 0.0203. The fourth-order valence-electron chi connectivity index (χ4n) is 6.85. The van der Waals surface area contributed by atoms with Gasteiger partial charge >= 0.3 is 11.9 Å². The number of allylic oxidation sites excluding steroid dienone is 2. The molecule has 0 aromatic heterocycles. The number of carbonyl (C=O) groups excluding carboxylic acids is 2. The zero-order valence-electron chi connectivity index (χ0n) is 35.0. The number of esters is 2. The van der Waals surface area contributed by atoms with E-state index in [0.717, 1.165) is 51.4 Å². The summed E-state index contributed by atoms with van der Waals surface area (Å²) in [7, 11) is -4.60. The third kappa shape index (κ3) is 28.7. The van der Waals surface area contributed by atoms with Crippen molar-refractivity contribution in [3.63, 3.8) is 0 Å². The molecule has 0 amide bonds. The van der Waals surface area contributed by atoms with Crippen molar-refractivity contribution in [2.24, 2.45) is 0 Å². The van der Waals surface area contributed by atoms with Gasteiger partial charge in [-0.2, -0.15) is 8.42 Å². The lowest BCUT2D eigenvalue weighted by Crippen LogP contribution is -2.60. The van der Waals surface area contributed by atoms with Crippen molar-refractivity contribution in [1.82, 2.24) is 0 Å². The SMILES string of the molecule is CCCCCCC=CCCCCCCCCCC(=O)OC(COC(=O)CCCCCCCCCCCCCCC)CO[C@H]1O[C@H](CS(=O)(=O)O)[C@@H](O)[C@H](O)[C@@H]1O. The first kappa shape index (κ1) is 52.4. The van der Waals surface area contributed by atoms with E-state index in [2.05, 4.69) is 26.0 Å². The lowest BCUT2D eigenvalue weighted by atomic mass is 10.00. The lowest BCUT2D eigenvalue weighted by Gasteiger charge is -2.40. The van der Waals surface area contributed by atoms with Crippen molar-refractivity contribution in [2.75, 3.05) is 19.0 Å². The molecular formula is C43H80O12S. The van der Waals surface area contributed by atoms with E-state index in [1.807, 2.05) is 0 Å². The van der Waals surface area contributed by atoms with E-state index >= 15 is 0 Å². The van der Waals surface area contributed by atoms with Gasteiger partial charge in [-0.05, 0) is 38.5 Å². The normalized spacial score (nSPS) is 20.7. The number of rotatable bonds is 37. The predicted molar refractivity (Wildman–Crippen MR) is 220 cm³/mol.